The van der Waals surface area contributed by atoms with Crippen molar-refractivity contribution in [3.8, 4) is 5.75 Å². The second-order valence-electron chi connectivity index (χ2n) is 5.26. The number of aromatic hydroxyl groups is 1. The Morgan fingerprint density at radius 3 is 2.52 bits per heavy atom. The molecular formula is C13H19ClN6O3. The van der Waals surface area contributed by atoms with Crippen LogP contribution in [0.2, 0.25) is 0 Å². The Balaban J connectivity index is 0.00000264. The van der Waals surface area contributed by atoms with E-state index in [0.29, 0.717) is 11.4 Å². The van der Waals surface area contributed by atoms with Gasteiger partial charge in [0, 0.05) is 12.1 Å². The molecule has 1 aromatic carbocycles. The fraction of sp³-hybridized carbons (Fsp3) is 0.308. The fourth-order valence-electron chi connectivity index (χ4n) is 2.11. The Bertz CT molecular complexity index is 703. The molecule has 1 atom stereocenters. The molecule has 0 saturated heterocycles. The number of nitro benzene ring substituents is 1. The number of nitrogen functional groups attached to an aromatic ring is 2. The highest BCUT2D eigenvalue weighted by Crippen LogP contribution is 2.35. The summed E-state index contributed by atoms with van der Waals surface area (Å²) in [4.78, 5) is 10.3. The van der Waals surface area contributed by atoms with E-state index in [0.717, 1.165) is 0 Å². The number of nitro groups is 1. The number of H-pyrrole nitrogens is 1. The monoisotopic (exact) mass is 342 g/mol. The van der Waals surface area contributed by atoms with Crippen molar-refractivity contribution >= 4 is 35.3 Å². The minimum Gasteiger partial charge on any atom is -0.506 e. The standard InChI is InChI=1S/C13H18N6O3.ClH/c1-6(2)11(12-10(14)13(15)18-17-12)16-8-5-7(19(21)22)3-4-9(8)20;/h3-6,11,16,20H,14H2,1-2H3,(H3,15,17,18);1H. The summed E-state index contributed by atoms with van der Waals surface area (Å²) in [5.41, 5.74) is 12.5. The van der Waals surface area contributed by atoms with Gasteiger partial charge in [0.2, 0.25) is 0 Å². The lowest BCUT2D eigenvalue weighted by Crippen LogP contribution is -2.18. The van der Waals surface area contributed by atoms with Crippen molar-refractivity contribution < 1.29 is 10.0 Å². The number of aromatic nitrogens is 2. The third-order valence-corrected chi connectivity index (χ3v) is 3.34. The zero-order valence-corrected chi connectivity index (χ0v) is 13.4. The van der Waals surface area contributed by atoms with Gasteiger partial charge >= 0.3 is 0 Å². The van der Waals surface area contributed by atoms with Crippen LogP contribution in [0.1, 0.15) is 25.6 Å². The number of nitrogens with two attached hydrogens (primary N) is 2. The number of nitrogens with one attached hydrogen (secondary N) is 2. The second kappa shape index (κ2) is 7.05. The van der Waals surface area contributed by atoms with Gasteiger partial charge in [-0.2, -0.15) is 5.10 Å². The molecule has 0 aliphatic carbocycles. The predicted octanol–water partition coefficient (Wildman–Crippen LogP) is 2.42. The summed E-state index contributed by atoms with van der Waals surface area (Å²) in [6.45, 7) is 3.87. The third kappa shape index (κ3) is 3.75. The molecule has 0 aliphatic heterocycles. The lowest BCUT2D eigenvalue weighted by atomic mass is 9.99. The molecule has 1 unspecified atom stereocenters. The molecule has 0 saturated carbocycles. The average molecular weight is 343 g/mol. The molecular weight excluding hydrogens is 324 g/mol. The van der Waals surface area contributed by atoms with E-state index >= 15 is 0 Å². The molecule has 0 bridgehead atoms. The van der Waals surface area contributed by atoms with E-state index in [4.69, 9.17) is 11.5 Å². The van der Waals surface area contributed by atoms with Gasteiger partial charge in [-0.05, 0) is 12.0 Å². The van der Waals surface area contributed by atoms with Crippen molar-refractivity contribution in [2.45, 2.75) is 19.9 Å². The van der Waals surface area contributed by atoms with Crippen LogP contribution < -0.4 is 16.8 Å². The molecule has 126 valence electrons. The van der Waals surface area contributed by atoms with Crippen LogP contribution in [-0.2, 0) is 0 Å². The summed E-state index contributed by atoms with van der Waals surface area (Å²) >= 11 is 0. The van der Waals surface area contributed by atoms with Crippen molar-refractivity contribution in [3.63, 3.8) is 0 Å². The minimum atomic E-state index is -0.530. The maximum Gasteiger partial charge on any atom is 0.271 e. The molecule has 2 rings (SSSR count). The van der Waals surface area contributed by atoms with E-state index in [9.17, 15) is 15.2 Å². The normalized spacial score (nSPS) is 11.8. The summed E-state index contributed by atoms with van der Waals surface area (Å²) in [6.07, 6.45) is 0. The molecule has 9 nitrogen and oxygen atoms in total. The number of hydrogen-bond donors (Lipinski definition) is 5. The molecule has 0 fully saturated rings. The van der Waals surface area contributed by atoms with Gasteiger partial charge in [-0.15, -0.1) is 12.4 Å². The Morgan fingerprint density at radius 1 is 1.39 bits per heavy atom. The van der Waals surface area contributed by atoms with Crippen LogP contribution in [0, 0.1) is 16.0 Å². The van der Waals surface area contributed by atoms with E-state index in [1.807, 2.05) is 13.8 Å². The van der Waals surface area contributed by atoms with Crippen LogP contribution in [0.5, 0.6) is 5.75 Å². The molecule has 0 radical (unpaired) electrons. The van der Waals surface area contributed by atoms with Gasteiger partial charge in [-0.1, -0.05) is 13.8 Å². The first-order valence-corrected chi connectivity index (χ1v) is 6.64. The van der Waals surface area contributed by atoms with Gasteiger partial charge in [0.1, 0.15) is 5.75 Å². The zero-order chi connectivity index (χ0) is 16.4. The Kier molecular flexibility index (Phi) is 5.63. The number of phenolic OH excluding ortho intramolecular Hbond substituents is 1. The van der Waals surface area contributed by atoms with Gasteiger partial charge < -0.3 is 21.9 Å². The Morgan fingerprint density at radius 2 is 2.04 bits per heavy atom. The molecule has 1 heterocycles. The molecule has 7 N–H and O–H groups in total. The number of hydrogen-bond acceptors (Lipinski definition) is 7. The molecule has 2 aromatic rings. The van der Waals surface area contributed by atoms with Gasteiger partial charge in [0.05, 0.1) is 28.0 Å². The topological polar surface area (TPSA) is 156 Å². The van der Waals surface area contributed by atoms with Crippen molar-refractivity contribution in [3.05, 3.63) is 34.0 Å². The Hall–Kier alpha value is -2.68. The van der Waals surface area contributed by atoms with E-state index in [2.05, 4.69) is 15.5 Å². The maximum absolute atomic E-state index is 10.9. The lowest BCUT2D eigenvalue weighted by Gasteiger charge is -2.23. The van der Waals surface area contributed by atoms with Crippen molar-refractivity contribution in [2.75, 3.05) is 16.8 Å². The van der Waals surface area contributed by atoms with Crippen LogP contribution >= 0.6 is 12.4 Å². The SMILES string of the molecule is CC(C)C(Nc1cc([N+](=O)[O-])ccc1O)c1[nH]nc(N)c1N.Cl. The van der Waals surface area contributed by atoms with Crippen LogP contribution in [0.4, 0.5) is 22.9 Å². The number of phenols is 1. The van der Waals surface area contributed by atoms with Crippen molar-refractivity contribution in [1.29, 1.82) is 0 Å². The second-order valence-corrected chi connectivity index (χ2v) is 5.26. The summed E-state index contributed by atoms with van der Waals surface area (Å²) in [5.74, 6) is 0.147. The van der Waals surface area contributed by atoms with E-state index in [1.54, 1.807) is 0 Å². The van der Waals surface area contributed by atoms with Gasteiger partial charge in [-0.25, -0.2) is 0 Å². The van der Waals surface area contributed by atoms with Gasteiger partial charge in [-0.3, -0.25) is 15.2 Å². The van der Waals surface area contributed by atoms with E-state index in [1.165, 1.54) is 18.2 Å². The molecule has 0 aliphatic rings. The van der Waals surface area contributed by atoms with Crippen molar-refractivity contribution in [1.82, 2.24) is 10.2 Å². The third-order valence-electron chi connectivity index (χ3n) is 3.34. The van der Waals surface area contributed by atoms with Gasteiger partial charge in [0.25, 0.3) is 5.69 Å². The van der Waals surface area contributed by atoms with E-state index < -0.39 is 4.92 Å². The number of rotatable bonds is 5. The van der Waals surface area contributed by atoms with Crippen LogP contribution in [0.3, 0.4) is 0 Å². The summed E-state index contributed by atoms with van der Waals surface area (Å²) in [6, 6.07) is 3.41. The average Bonchev–Trinajstić information content (AvgIpc) is 2.77. The summed E-state index contributed by atoms with van der Waals surface area (Å²) in [7, 11) is 0. The molecule has 23 heavy (non-hydrogen) atoms. The van der Waals surface area contributed by atoms with E-state index in [-0.39, 0.29) is 47.3 Å². The quantitative estimate of drug-likeness (QED) is 0.317. The highest BCUT2D eigenvalue weighted by molar-refractivity contribution is 5.85. The highest BCUT2D eigenvalue weighted by Gasteiger charge is 2.23. The lowest BCUT2D eigenvalue weighted by molar-refractivity contribution is -0.384. The number of halogens is 1. The molecule has 0 amide bonds. The number of anilines is 3. The first kappa shape index (κ1) is 18.4. The summed E-state index contributed by atoms with van der Waals surface area (Å²) < 4.78 is 0. The number of non-ortho nitro benzene ring substituents is 1. The Labute approximate surface area is 138 Å². The summed E-state index contributed by atoms with van der Waals surface area (Å²) in [5, 5.41) is 30.4. The number of nitrogens with zero attached hydrogens (tertiary/aromatic N) is 2. The smallest absolute Gasteiger partial charge is 0.271 e. The van der Waals surface area contributed by atoms with Crippen molar-refractivity contribution in [2.24, 2.45) is 5.92 Å². The first-order valence-electron chi connectivity index (χ1n) is 6.64. The van der Waals surface area contributed by atoms with Gasteiger partial charge in [0.15, 0.2) is 5.82 Å². The zero-order valence-electron chi connectivity index (χ0n) is 12.6. The molecule has 10 heteroatoms. The van der Waals surface area contributed by atoms with Crippen LogP contribution in [0.25, 0.3) is 0 Å². The largest absolute Gasteiger partial charge is 0.506 e. The molecule has 0 spiro atoms. The number of aromatic amines is 1. The number of benzene rings is 1. The molecule has 1 aromatic heterocycles. The minimum absolute atomic E-state index is 0. The van der Waals surface area contributed by atoms with Crippen LogP contribution in [0.15, 0.2) is 18.2 Å². The maximum atomic E-state index is 10.9. The first-order chi connectivity index (χ1) is 10.3. The van der Waals surface area contributed by atoms with Crippen LogP contribution in [-0.4, -0.2) is 20.2 Å². The highest BCUT2D eigenvalue weighted by atomic mass is 35.5. The predicted molar refractivity (Wildman–Crippen MR) is 90.6 cm³/mol. The fourth-order valence-corrected chi connectivity index (χ4v) is 2.11.